The molecule has 0 bridgehead atoms. The average Bonchev–Trinajstić information content (AvgIpc) is 3.14. The Morgan fingerprint density at radius 3 is 2.50 bits per heavy atom. The van der Waals surface area contributed by atoms with Gasteiger partial charge in [-0.25, -0.2) is 0 Å². The number of anilines is 1. The van der Waals surface area contributed by atoms with Gasteiger partial charge in [-0.2, -0.15) is 0 Å². The number of aliphatic carboxylic acids is 1. The summed E-state index contributed by atoms with van der Waals surface area (Å²) in [6.07, 6.45) is 1.72. The highest BCUT2D eigenvalue weighted by Crippen LogP contribution is 2.22. The number of amides is 1. The smallest absolute Gasteiger partial charge is 0.323 e. The van der Waals surface area contributed by atoms with Crippen molar-refractivity contribution >= 4 is 28.5 Å². The van der Waals surface area contributed by atoms with E-state index < -0.39 is 5.97 Å². The zero-order valence-electron chi connectivity index (χ0n) is 16.1. The van der Waals surface area contributed by atoms with Crippen LogP contribution < -0.4 is 10.1 Å². The van der Waals surface area contributed by atoms with E-state index in [1.54, 1.807) is 29.0 Å². The Morgan fingerprint density at radius 2 is 1.70 bits per heavy atom. The highest BCUT2D eigenvalue weighted by molar-refractivity contribution is 6.06. The Bertz CT molecular complexity index is 1200. The van der Waals surface area contributed by atoms with E-state index >= 15 is 0 Å². The monoisotopic (exact) mass is 400 g/mol. The lowest BCUT2D eigenvalue weighted by Crippen LogP contribution is -2.15. The topological polar surface area (TPSA) is 80.6 Å². The van der Waals surface area contributed by atoms with E-state index in [0.717, 1.165) is 22.2 Å². The van der Waals surface area contributed by atoms with Crippen LogP contribution in [0.1, 0.15) is 15.9 Å². The van der Waals surface area contributed by atoms with Crippen LogP contribution in [0.25, 0.3) is 10.9 Å². The Kier molecular flexibility index (Phi) is 5.48. The van der Waals surface area contributed by atoms with Crippen LogP contribution in [-0.2, 0) is 17.9 Å². The number of ether oxygens (including phenoxy) is 1. The molecule has 0 fully saturated rings. The number of nitrogens with one attached hydrogen (secondary N) is 1. The van der Waals surface area contributed by atoms with Crippen LogP contribution in [0.3, 0.4) is 0 Å². The summed E-state index contributed by atoms with van der Waals surface area (Å²) in [6, 6.07) is 24.0. The summed E-state index contributed by atoms with van der Waals surface area (Å²) >= 11 is 0. The van der Waals surface area contributed by atoms with Gasteiger partial charge < -0.3 is 19.7 Å². The third-order valence-corrected chi connectivity index (χ3v) is 4.73. The molecule has 0 unspecified atom stereocenters. The number of carbonyl (C=O) groups is 2. The van der Waals surface area contributed by atoms with Gasteiger partial charge in [-0.15, -0.1) is 0 Å². The SMILES string of the molecule is O=C(O)Cn1ccc2cc(NC(=O)c3ccccc3COc3ccccc3)ccc21. The highest BCUT2D eigenvalue weighted by Gasteiger charge is 2.13. The van der Waals surface area contributed by atoms with Gasteiger partial charge in [-0.1, -0.05) is 36.4 Å². The van der Waals surface area contributed by atoms with Crippen LogP contribution in [0.5, 0.6) is 5.75 Å². The molecule has 0 spiro atoms. The van der Waals surface area contributed by atoms with Gasteiger partial charge in [-0.3, -0.25) is 9.59 Å². The second-order valence-electron chi connectivity index (χ2n) is 6.82. The lowest BCUT2D eigenvalue weighted by Gasteiger charge is -2.12. The number of carboxylic acid groups (broad SMARTS) is 1. The van der Waals surface area contributed by atoms with Crippen LogP contribution in [0.15, 0.2) is 85.1 Å². The molecule has 4 aromatic rings. The molecular formula is C24H20N2O4. The maximum absolute atomic E-state index is 12.9. The molecule has 0 aliphatic heterocycles. The summed E-state index contributed by atoms with van der Waals surface area (Å²) in [5, 5.41) is 12.8. The predicted octanol–water partition coefficient (Wildman–Crippen LogP) is 4.56. The molecule has 1 amide bonds. The molecule has 2 N–H and O–H groups in total. The van der Waals surface area contributed by atoms with Crippen LogP contribution in [0.4, 0.5) is 5.69 Å². The lowest BCUT2D eigenvalue weighted by atomic mass is 10.1. The first-order chi connectivity index (χ1) is 14.6. The van der Waals surface area contributed by atoms with Gasteiger partial charge in [0.15, 0.2) is 0 Å². The van der Waals surface area contributed by atoms with Crippen LogP contribution >= 0.6 is 0 Å². The second-order valence-corrected chi connectivity index (χ2v) is 6.82. The highest BCUT2D eigenvalue weighted by atomic mass is 16.5. The first-order valence-corrected chi connectivity index (χ1v) is 9.48. The number of benzene rings is 3. The maximum atomic E-state index is 12.9. The minimum absolute atomic E-state index is 0.107. The van der Waals surface area contributed by atoms with Gasteiger partial charge in [-0.05, 0) is 42.5 Å². The number of aromatic nitrogens is 1. The fourth-order valence-electron chi connectivity index (χ4n) is 3.31. The fraction of sp³-hybridized carbons (Fsp3) is 0.0833. The van der Waals surface area contributed by atoms with Crippen molar-refractivity contribution in [2.75, 3.05) is 5.32 Å². The fourth-order valence-corrected chi connectivity index (χ4v) is 3.31. The van der Waals surface area contributed by atoms with Crippen molar-refractivity contribution in [1.82, 2.24) is 4.57 Å². The third kappa shape index (κ3) is 4.33. The first kappa shape index (κ1) is 19.3. The van der Waals surface area contributed by atoms with Crippen molar-refractivity contribution in [2.45, 2.75) is 13.2 Å². The standard InChI is InChI=1S/C24H20N2O4/c27-23(28)15-26-13-12-17-14-19(10-11-22(17)26)25-24(29)21-9-5-4-6-18(21)16-30-20-7-2-1-3-8-20/h1-14H,15-16H2,(H,25,29)(H,27,28). The molecule has 150 valence electrons. The summed E-state index contributed by atoms with van der Waals surface area (Å²) in [5.41, 5.74) is 2.76. The molecule has 0 saturated carbocycles. The molecule has 1 aromatic heterocycles. The molecule has 3 aromatic carbocycles. The number of nitrogens with zero attached hydrogens (tertiary/aromatic N) is 1. The van der Waals surface area contributed by atoms with Crippen molar-refractivity contribution in [1.29, 1.82) is 0 Å². The minimum Gasteiger partial charge on any atom is -0.489 e. The third-order valence-electron chi connectivity index (χ3n) is 4.73. The summed E-state index contributed by atoms with van der Waals surface area (Å²) in [5.74, 6) is -0.394. The maximum Gasteiger partial charge on any atom is 0.323 e. The number of rotatable bonds is 7. The molecule has 6 nitrogen and oxygen atoms in total. The molecular weight excluding hydrogens is 380 g/mol. The Balaban J connectivity index is 1.50. The zero-order valence-corrected chi connectivity index (χ0v) is 16.1. The number of hydrogen-bond acceptors (Lipinski definition) is 3. The minimum atomic E-state index is -0.904. The van der Waals surface area contributed by atoms with Gasteiger partial charge in [0.25, 0.3) is 5.91 Å². The van der Waals surface area contributed by atoms with E-state index in [0.29, 0.717) is 11.3 Å². The normalized spacial score (nSPS) is 10.7. The van der Waals surface area contributed by atoms with Crippen LogP contribution in [0, 0.1) is 0 Å². The van der Waals surface area contributed by atoms with Crippen molar-refractivity contribution in [3.05, 3.63) is 96.2 Å². The van der Waals surface area contributed by atoms with Gasteiger partial charge in [0.1, 0.15) is 18.9 Å². The first-order valence-electron chi connectivity index (χ1n) is 9.48. The van der Waals surface area contributed by atoms with Crippen LogP contribution in [0.2, 0.25) is 0 Å². The predicted molar refractivity (Wildman–Crippen MR) is 115 cm³/mol. The van der Waals surface area contributed by atoms with Gasteiger partial charge in [0.2, 0.25) is 0 Å². The van der Waals surface area contributed by atoms with Crippen molar-refractivity contribution < 1.29 is 19.4 Å². The quantitative estimate of drug-likeness (QED) is 0.477. The molecule has 1 heterocycles. The van der Waals surface area contributed by atoms with Crippen molar-refractivity contribution in [3.8, 4) is 5.75 Å². The summed E-state index contributed by atoms with van der Waals surface area (Å²) in [4.78, 5) is 23.9. The van der Waals surface area contributed by atoms with E-state index in [1.165, 1.54) is 0 Å². The van der Waals surface area contributed by atoms with Gasteiger partial charge in [0, 0.05) is 33.9 Å². The Morgan fingerprint density at radius 1 is 0.933 bits per heavy atom. The van der Waals surface area contributed by atoms with E-state index in [2.05, 4.69) is 5.32 Å². The average molecular weight is 400 g/mol. The van der Waals surface area contributed by atoms with Gasteiger partial charge in [0.05, 0.1) is 0 Å². The van der Waals surface area contributed by atoms with Gasteiger partial charge >= 0.3 is 5.97 Å². The number of carboxylic acids is 1. The molecule has 0 saturated heterocycles. The molecule has 0 aliphatic carbocycles. The molecule has 30 heavy (non-hydrogen) atoms. The molecule has 0 aliphatic rings. The number of hydrogen-bond donors (Lipinski definition) is 2. The largest absolute Gasteiger partial charge is 0.489 e. The lowest BCUT2D eigenvalue weighted by molar-refractivity contribution is -0.137. The van der Waals surface area contributed by atoms with Crippen LogP contribution in [-0.4, -0.2) is 21.6 Å². The Hall–Kier alpha value is -4.06. The number of fused-ring (bicyclic) bond motifs is 1. The molecule has 4 rings (SSSR count). The summed E-state index contributed by atoms with van der Waals surface area (Å²) in [6.45, 7) is 0.175. The zero-order chi connectivity index (χ0) is 20.9. The molecule has 0 atom stereocenters. The van der Waals surface area contributed by atoms with E-state index in [4.69, 9.17) is 9.84 Å². The van der Waals surface area contributed by atoms with Crippen molar-refractivity contribution in [2.24, 2.45) is 0 Å². The summed E-state index contributed by atoms with van der Waals surface area (Å²) in [7, 11) is 0. The molecule has 0 radical (unpaired) electrons. The van der Waals surface area contributed by atoms with E-state index in [1.807, 2.05) is 60.7 Å². The number of carbonyl (C=O) groups excluding carboxylic acids is 1. The summed E-state index contributed by atoms with van der Waals surface area (Å²) < 4.78 is 7.45. The second kappa shape index (κ2) is 8.53. The van der Waals surface area contributed by atoms with E-state index in [-0.39, 0.29) is 19.1 Å². The Labute approximate surface area is 173 Å². The van der Waals surface area contributed by atoms with E-state index in [9.17, 15) is 9.59 Å². The molecule has 6 heteroatoms. The number of para-hydroxylation sites is 1. The van der Waals surface area contributed by atoms with Crippen molar-refractivity contribution in [3.63, 3.8) is 0 Å².